The lowest BCUT2D eigenvalue weighted by molar-refractivity contribution is -0.122. The zero-order chi connectivity index (χ0) is 26.1. The molecule has 0 saturated carbocycles. The second-order valence-electron chi connectivity index (χ2n) is 9.31. The summed E-state index contributed by atoms with van der Waals surface area (Å²) >= 11 is 6.29. The number of anilines is 2. The topological polar surface area (TPSA) is 101 Å². The minimum atomic E-state index is -0.430. The standard InChI is InChI=1S/C28H29ClN6O2/c1-18(28(30)37)34-15-22-7-6-19(12-23(22)16-34)20-8-10-31-26(14-20)35(27-9-11-32-33(27)2)25(17-36)21-4-3-5-24(29)13-21/h3-14,18,25,36H,15-17H2,1-2H3,(H2,30,37)/t18-,25-/m1/s1. The van der Waals surface area contributed by atoms with E-state index >= 15 is 0 Å². The summed E-state index contributed by atoms with van der Waals surface area (Å²) < 4.78 is 1.76. The molecule has 0 radical (unpaired) electrons. The number of aliphatic hydroxyl groups excluding tert-OH is 1. The SMILES string of the molecule is C[C@H](C(N)=O)N1Cc2ccc(-c3ccnc(N(c4ccnn4C)[C@H](CO)c4cccc(Cl)c4)c3)cc2C1. The minimum Gasteiger partial charge on any atom is -0.394 e. The van der Waals surface area contributed by atoms with Crippen LogP contribution in [-0.2, 0) is 24.9 Å². The molecular weight excluding hydrogens is 488 g/mol. The molecule has 0 fully saturated rings. The van der Waals surface area contributed by atoms with Crippen molar-refractivity contribution in [1.29, 1.82) is 0 Å². The second kappa shape index (κ2) is 10.3. The number of primary amides is 1. The van der Waals surface area contributed by atoms with Crippen LogP contribution in [0, 0.1) is 0 Å². The monoisotopic (exact) mass is 516 g/mol. The largest absolute Gasteiger partial charge is 0.394 e. The molecular formula is C28H29ClN6O2. The van der Waals surface area contributed by atoms with Gasteiger partial charge in [-0.05, 0) is 65.1 Å². The van der Waals surface area contributed by atoms with Crippen LogP contribution in [-0.4, -0.2) is 43.3 Å². The number of fused-ring (bicyclic) bond motifs is 1. The molecule has 3 heterocycles. The summed E-state index contributed by atoms with van der Waals surface area (Å²) in [5, 5.41) is 15.5. The molecule has 1 aliphatic heterocycles. The first-order valence-electron chi connectivity index (χ1n) is 12.1. The number of hydrogen-bond acceptors (Lipinski definition) is 6. The van der Waals surface area contributed by atoms with Gasteiger partial charge in [-0.25, -0.2) is 4.98 Å². The number of aromatic nitrogens is 3. The number of amides is 1. The molecule has 4 aromatic rings. The van der Waals surface area contributed by atoms with E-state index in [2.05, 4.69) is 33.2 Å². The number of aryl methyl sites for hydroxylation is 1. The molecule has 2 aromatic carbocycles. The Morgan fingerprint density at radius 3 is 2.57 bits per heavy atom. The smallest absolute Gasteiger partial charge is 0.234 e. The molecule has 8 nitrogen and oxygen atoms in total. The lowest BCUT2D eigenvalue weighted by Crippen LogP contribution is -2.39. The number of benzene rings is 2. The number of halogens is 1. The van der Waals surface area contributed by atoms with Crippen LogP contribution in [0.4, 0.5) is 11.6 Å². The lowest BCUT2D eigenvalue weighted by Gasteiger charge is -2.32. The van der Waals surface area contributed by atoms with Crippen molar-refractivity contribution in [3.63, 3.8) is 0 Å². The first kappa shape index (κ1) is 25.0. The molecule has 0 aliphatic carbocycles. The molecule has 0 spiro atoms. The Kier molecular flexibility index (Phi) is 6.97. The Morgan fingerprint density at radius 2 is 1.86 bits per heavy atom. The van der Waals surface area contributed by atoms with Crippen molar-refractivity contribution in [2.75, 3.05) is 11.5 Å². The highest BCUT2D eigenvalue weighted by atomic mass is 35.5. The van der Waals surface area contributed by atoms with Crippen molar-refractivity contribution in [3.8, 4) is 11.1 Å². The minimum absolute atomic E-state index is 0.149. The molecule has 9 heteroatoms. The van der Waals surface area contributed by atoms with E-state index in [0.29, 0.717) is 23.9 Å². The third-order valence-corrected chi connectivity index (χ3v) is 7.23. The fourth-order valence-electron chi connectivity index (χ4n) is 4.87. The summed E-state index contributed by atoms with van der Waals surface area (Å²) in [7, 11) is 1.86. The molecule has 190 valence electrons. The van der Waals surface area contributed by atoms with E-state index in [1.165, 1.54) is 11.1 Å². The van der Waals surface area contributed by atoms with Gasteiger partial charge >= 0.3 is 0 Å². The van der Waals surface area contributed by atoms with E-state index in [4.69, 9.17) is 17.3 Å². The van der Waals surface area contributed by atoms with Crippen LogP contribution in [0.25, 0.3) is 11.1 Å². The number of nitrogens with zero attached hydrogens (tertiary/aromatic N) is 5. The number of pyridine rings is 1. The second-order valence-corrected chi connectivity index (χ2v) is 9.74. The van der Waals surface area contributed by atoms with Crippen LogP contribution in [0.1, 0.15) is 29.7 Å². The molecule has 5 rings (SSSR count). The van der Waals surface area contributed by atoms with E-state index in [-0.39, 0.29) is 18.6 Å². The van der Waals surface area contributed by atoms with Crippen molar-refractivity contribution >= 4 is 29.1 Å². The van der Waals surface area contributed by atoms with E-state index < -0.39 is 6.04 Å². The van der Waals surface area contributed by atoms with Crippen molar-refractivity contribution in [1.82, 2.24) is 19.7 Å². The van der Waals surface area contributed by atoms with E-state index in [1.54, 1.807) is 17.1 Å². The Bertz CT molecular complexity index is 1440. The number of hydrogen-bond donors (Lipinski definition) is 2. The fraction of sp³-hybridized carbons (Fsp3) is 0.250. The van der Waals surface area contributed by atoms with E-state index in [1.807, 2.05) is 61.3 Å². The Balaban J connectivity index is 1.53. The molecule has 0 bridgehead atoms. The van der Waals surface area contributed by atoms with Gasteiger partial charge in [-0.2, -0.15) is 5.10 Å². The van der Waals surface area contributed by atoms with Gasteiger partial charge in [0, 0.05) is 37.4 Å². The van der Waals surface area contributed by atoms with Gasteiger partial charge < -0.3 is 15.7 Å². The van der Waals surface area contributed by atoms with Gasteiger partial charge in [0.25, 0.3) is 0 Å². The normalized spacial score (nSPS) is 14.8. The number of carbonyl (C=O) groups is 1. The van der Waals surface area contributed by atoms with Crippen molar-refractivity contribution in [3.05, 3.63) is 94.8 Å². The molecule has 0 saturated heterocycles. The highest BCUT2D eigenvalue weighted by Crippen LogP contribution is 2.37. The maximum absolute atomic E-state index is 11.7. The predicted molar refractivity (Wildman–Crippen MR) is 144 cm³/mol. The first-order chi connectivity index (χ1) is 17.9. The van der Waals surface area contributed by atoms with Crippen LogP contribution in [0.3, 0.4) is 0 Å². The summed E-state index contributed by atoms with van der Waals surface area (Å²) in [6.07, 6.45) is 3.49. The van der Waals surface area contributed by atoms with Crippen LogP contribution in [0.15, 0.2) is 73.1 Å². The number of carbonyl (C=O) groups excluding carboxylic acids is 1. The Labute approximate surface area is 220 Å². The van der Waals surface area contributed by atoms with Gasteiger partial charge in [0.1, 0.15) is 11.6 Å². The van der Waals surface area contributed by atoms with Gasteiger partial charge in [-0.3, -0.25) is 14.4 Å². The Hall–Kier alpha value is -3.72. The molecule has 0 unspecified atom stereocenters. The van der Waals surface area contributed by atoms with Crippen LogP contribution < -0.4 is 10.6 Å². The van der Waals surface area contributed by atoms with E-state index in [9.17, 15) is 9.90 Å². The average Bonchev–Trinajstić information content (AvgIpc) is 3.52. The number of rotatable bonds is 8. The maximum Gasteiger partial charge on any atom is 0.234 e. The highest BCUT2D eigenvalue weighted by Gasteiger charge is 2.28. The molecule has 2 aromatic heterocycles. The van der Waals surface area contributed by atoms with Gasteiger partial charge in [0.15, 0.2) is 0 Å². The fourth-order valence-corrected chi connectivity index (χ4v) is 5.07. The van der Waals surface area contributed by atoms with Crippen molar-refractivity contribution in [2.24, 2.45) is 12.8 Å². The van der Waals surface area contributed by atoms with Crippen LogP contribution in [0.5, 0.6) is 0 Å². The summed E-state index contributed by atoms with van der Waals surface area (Å²) in [6.45, 7) is 3.07. The van der Waals surface area contributed by atoms with Crippen molar-refractivity contribution < 1.29 is 9.90 Å². The highest BCUT2D eigenvalue weighted by molar-refractivity contribution is 6.30. The zero-order valence-electron chi connectivity index (χ0n) is 20.8. The van der Waals surface area contributed by atoms with Gasteiger partial charge in [0.2, 0.25) is 5.91 Å². The molecule has 1 aliphatic rings. The molecule has 3 N–H and O–H groups in total. The quantitative estimate of drug-likeness (QED) is 0.364. The predicted octanol–water partition coefficient (Wildman–Crippen LogP) is 4.20. The summed E-state index contributed by atoms with van der Waals surface area (Å²) in [5.74, 6) is 1.14. The lowest BCUT2D eigenvalue weighted by atomic mass is 10.0. The average molecular weight is 517 g/mol. The number of nitrogens with two attached hydrogens (primary N) is 1. The maximum atomic E-state index is 11.7. The third-order valence-electron chi connectivity index (χ3n) is 7.00. The number of aliphatic hydroxyl groups is 1. The van der Waals surface area contributed by atoms with Gasteiger partial charge in [0.05, 0.1) is 24.9 Å². The van der Waals surface area contributed by atoms with Gasteiger partial charge in [-0.15, -0.1) is 0 Å². The molecule has 37 heavy (non-hydrogen) atoms. The first-order valence-corrected chi connectivity index (χ1v) is 12.5. The Morgan fingerprint density at radius 1 is 1.08 bits per heavy atom. The van der Waals surface area contributed by atoms with E-state index in [0.717, 1.165) is 22.5 Å². The zero-order valence-corrected chi connectivity index (χ0v) is 21.5. The summed E-state index contributed by atoms with van der Waals surface area (Å²) in [4.78, 5) is 20.4. The molecule has 1 amide bonds. The van der Waals surface area contributed by atoms with Crippen molar-refractivity contribution in [2.45, 2.75) is 32.1 Å². The summed E-state index contributed by atoms with van der Waals surface area (Å²) in [6, 6.07) is 19.0. The summed E-state index contributed by atoms with van der Waals surface area (Å²) in [5.41, 5.74) is 10.8. The molecule has 2 atom stereocenters. The van der Waals surface area contributed by atoms with Crippen LogP contribution in [0.2, 0.25) is 5.02 Å². The van der Waals surface area contributed by atoms with Gasteiger partial charge in [-0.1, -0.05) is 35.9 Å². The third kappa shape index (κ3) is 4.96. The van der Waals surface area contributed by atoms with Crippen LogP contribution >= 0.6 is 11.6 Å².